The van der Waals surface area contributed by atoms with Gasteiger partial charge in [-0.3, -0.25) is 9.79 Å². The highest BCUT2D eigenvalue weighted by Gasteiger charge is 2.29. The molecule has 32 heavy (non-hydrogen) atoms. The molecule has 0 radical (unpaired) electrons. The van der Waals surface area contributed by atoms with Crippen molar-refractivity contribution in [1.29, 1.82) is 0 Å². The second-order valence-corrected chi connectivity index (χ2v) is 8.89. The molecule has 1 aliphatic rings. The number of Topliss-reactive ketones (excluding diaryl/α,β-unsaturated/α-hetero) is 1. The predicted octanol–water partition coefficient (Wildman–Crippen LogP) is 5.39. The maximum atomic E-state index is 12.8. The first-order valence-corrected chi connectivity index (χ1v) is 11.2. The van der Waals surface area contributed by atoms with Crippen molar-refractivity contribution in [3.8, 4) is 5.75 Å². The fraction of sp³-hybridized carbons (Fsp3) is 0.269. The molecule has 0 amide bonds. The Morgan fingerprint density at radius 2 is 1.88 bits per heavy atom. The number of amidine groups is 1. The largest absolute Gasteiger partial charge is 0.487 e. The summed E-state index contributed by atoms with van der Waals surface area (Å²) in [5, 5.41) is 0.619. The third-order valence-electron chi connectivity index (χ3n) is 5.38. The summed E-state index contributed by atoms with van der Waals surface area (Å²) in [5.41, 5.74) is 9.15. The Morgan fingerprint density at radius 1 is 1.09 bits per heavy atom. The van der Waals surface area contributed by atoms with Crippen LogP contribution in [0.3, 0.4) is 0 Å². The van der Waals surface area contributed by atoms with Crippen LogP contribution in [0.15, 0.2) is 77.9 Å². The average molecular weight is 448 g/mol. The van der Waals surface area contributed by atoms with Crippen molar-refractivity contribution >= 4 is 22.7 Å². The van der Waals surface area contributed by atoms with Crippen LogP contribution in [0.1, 0.15) is 48.0 Å². The number of carbonyl (C=O) groups is 1. The van der Waals surface area contributed by atoms with Crippen LogP contribution >= 0.6 is 11.8 Å². The number of ketones is 1. The molecule has 0 saturated heterocycles. The van der Waals surface area contributed by atoms with E-state index < -0.39 is 0 Å². The van der Waals surface area contributed by atoms with Crippen LogP contribution in [0.2, 0.25) is 0 Å². The van der Waals surface area contributed by atoms with Crippen LogP contribution in [-0.4, -0.2) is 21.7 Å². The van der Waals surface area contributed by atoms with Crippen molar-refractivity contribution in [1.82, 2.24) is 4.98 Å². The van der Waals surface area contributed by atoms with Crippen molar-refractivity contribution in [3.63, 3.8) is 0 Å². The number of pyridine rings is 1. The van der Waals surface area contributed by atoms with Gasteiger partial charge >= 0.3 is 0 Å². The third kappa shape index (κ3) is 5.77. The molecule has 1 aromatic heterocycles. The summed E-state index contributed by atoms with van der Waals surface area (Å²) in [5.74, 6) is 1.55. The highest BCUT2D eigenvalue weighted by atomic mass is 32.2. The van der Waals surface area contributed by atoms with Gasteiger partial charge < -0.3 is 10.5 Å². The van der Waals surface area contributed by atoms with Crippen LogP contribution in [0.4, 0.5) is 0 Å². The molecule has 0 aliphatic carbocycles. The minimum Gasteiger partial charge on any atom is -0.487 e. The molecular formula is C26H29N3O2S. The molecule has 5 nitrogen and oxygen atoms in total. The summed E-state index contributed by atoms with van der Waals surface area (Å²) >= 11 is 1.59. The first-order valence-electron chi connectivity index (χ1n) is 10.3. The monoisotopic (exact) mass is 447 g/mol. The lowest BCUT2D eigenvalue weighted by atomic mass is 9.88. The number of ether oxygens (including phenoxy) is 1. The smallest absolute Gasteiger partial charge is 0.185 e. The lowest BCUT2D eigenvalue weighted by molar-refractivity contribution is 0.0988. The van der Waals surface area contributed by atoms with E-state index in [4.69, 9.17) is 10.5 Å². The quantitative estimate of drug-likeness (QED) is 0.492. The summed E-state index contributed by atoms with van der Waals surface area (Å²) in [6, 6.07) is 21.5. The molecule has 3 aromatic rings. The van der Waals surface area contributed by atoms with Crippen LogP contribution in [0.25, 0.3) is 0 Å². The van der Waals surface area contributed by atoms with Gasteiger partial charge in [0.25, 0.3) is 0 Å². The molecule has 6 heteroatoms. The molecule has 2 heterocycles. The SMILES string of the molecule is C.C[C@@]1(c2cccc(CC(=O)c3ccc(OCc4ccccc4)cn3)c2)CCSC(N)=N1. The molecule has 0 fully saturated rings. The molecule has 0 bridgehead atoms. The predicted molar refractivity (Wildman–Crippen MR) is 132 cm³/mol. The summed E-state index contributed by atoms with van der Waals surface area (Å²) in [6.45, 7) is 2.56. The number of hydrogen-bond donors (Lipinski definition) is 1. The molecule has 2 aromatic carbocycles. The van der Waals surface area contributed by atoms with Gasteiger partial charge in [-0.2, -0.15) is 0 Å². The van der Waals surface area contributed by atoms with Crippen LogP contribution < -0.4 is 10.5 Å². The maximum absolute atomic E-state index is 12.8. The van der Waals surface area contributed by atoms with Gasteiger partial charge in [-0.15, -0.1) is 0 Å². The number of benzene rings is 2. The van der Waals surface area contributed by atoms with E-state index in [1.165, 1.54) is 0 Å². The number of thioether (sulfide) groups is 1. The van der Waals surface area contributed by atoms with Crippen LogP contribution in [-0.2, 0) is 18.6 Å². The first-order chi connectivity index (χ1) is 15.0. The number of nitrogens with two attached hydrogens (primary N) is 1. The van der Waals surface area contributed by atoms with E-state index >= 15 is 0 Å². The van der Waals surface area contributed by atoms with Gasteiger partial charge in [0.15, 0.2) is 11.0 Å². The Hall–Kier alpha value is -3.12. The molecule has 4 rings (SSSR count). The molecule has 1 aliphatic heterocycles. The van der Waals surface area contributed by atoms with Gasteiger partial charge in [-0.05, 0) is 42.2 Å². The van der Waals surface area contributed by atoms with Gasteiger partial charge in [-0.25, -0.2) is 4.98 Å². The molecule has 0 spiro atoms. The van der Waals surface area contributed by atoms with E-state index in [9.17, 15) is 4.79 Å². The topological polar surface area (TPSA) is 77.6 Å². The Balaban J connectivity index is 0.00000289. The van der Waals surface area contributed by atoms with E-state index in [2.05, 4.69) is 29.0 Å². The van der Waals surface area contributed by atoms with Crippen LogP contribution in [0.5, 0.6) is 5.75 Å². The Morgan fingerprint density at radius 3 is 2.59 bits per heavy atom. The number of aromatic nitrogens is 1. The maximum Gasteiger partial charge on any atom is 0.185 e. The number of nitrogens with zero attached hydrogens (tertiary/aromatic N) is 2. The van der Waals surface area contributed by atoms with Crippen molar-refractivity contribution in [2.75, 3.05) is 5.75 Å². The summed E-state index contributed by atoms with van der Waals surface area (Å²) in [6.07, 6.45) is 2.81. The number of aliphatic imine (C=N–C) groups is 1. The second kappa shape index (κ2) is 10.5. The van der Waals surface area contributed by atoms with Crippen molar-refractivity contribution in [2.24, 2.45) is 10.7 Å². The van der Waals surface area contributed by atoms with Gasteiger partial charge in [0, 0.05) is 12.2 Å². The fourth-order valence-electron chi connectivity index (χ4n) is 3.56. The molecule has 1 atom stereocenters. The lowest BCUT2D eigenvalue weighted by Crippen LogP contribution is -2.28. The van der Waals surface area contributed by atoms with E-state index in [-0.39, 0.29) is 25.2 Å². The van der Waals surface area contributed by atoms with Gasteiger partial charge in [0.05, 0.1) is 11.7 Å². The first kappa shape index (κ1) is 23.5. The minimum atomic E-state index is -0.343. The van der Waals surface area contributed by atoms with Crippen molar-refractivity contribution in [3.05, 3.63) is 95.3 Å². The zero-order valence-corrected chi connectivity index (χ0v) is 18.3. The number of carbonyl (C=O) groups excluding carboxylic acids is 1. The lowest BCUT2D eigenvalue weighted by Gasteiger charge is -2.30. The zero-order valence-electron chi connectivity index (χ0n) is 17.5. The standard InChI is InChI=1S/C25H25N3O2S.CH4/c1-25(12-13-31-24(26)28-25)20-9-5-8-19(14-20)15-23(29)22-11-10-21(16-27-22)30-17-18-6-3-2-4-7-18;/h2-11,14,16H,12-13,15,17H2,1H3,(H2,26,28);1H4/t25-;/m0./s1. The van der Waals surface area contributed by atoms with Gasteiger partial charge in [0.1, 0.15) is 18.1 Å². The van der Waals surface area contributed by atoms with E-state index in [1.54, 1.807) is 30.1 Å². The van der Waals surface area contributed by atoms with Crippen molar-refractivity contribution < 1.29 is 9.53 Å². The number of rotatable bonds is 7. The Labute approximate surface area is 194 Å². The molecule has 2 N–H and O–H groups in total. The second-order valence-electron chi connectivity index (χ2n) is 7.78. The van der Waals surface area contributed by atoms with Crippen LogP contribution in [0, 0.1) is 0 Å². The Kier molecular flexibility index (Phi) is 7.70. The highest BCUT2D eigenvalue weighted by Crippen LogP contribution is 2.35. The van der Waals surface area contributed by atoms with E-state index in [0.717, 1.165) is 28.9 Å². The van der Waals surface area contributed by atoms with Crippen molar-refractivity contribution in [2.45, 2.75) is 39.3 Å². The average Bonchev–Trinajstić information content (AvgIpc) is 2.79. The zero-order chi connectivity index (χ0) is 21.7. The minimum absolute atomic E-state index is 0. The summed E-state index contributed by atoms with van der Waals surface area (Å²) in [7, 11) is 0. The number of hydrogen-bond acceptors (Lipinski definition) is 6. The highest BCUT2D eigenvalue weighted by molar-refractivity contribution is 8.13. The summed E-state index contributed by atoms with van der Waals surface area (Å²) in [4.78, 5) is 21.7. The molecule has 0 saturated carbocycles. The van der Waals surface area contributed by atoms with E-state index in [0.29, 0.717) is 23.2 Å². The fourth-order valence-corrected chi connectivity index (χ4v) is 4.53. The summed E-state index contributed by atoms with van der Waals surface area (Å²) < 4.78 is 5.75. The molecular weight excluding hydrogens is 418 g/mol. The Bertz CT molecular complexity index is 1080. The molecule has 0 unspecified atom stereocenters. The molecule has 166 valence electrons. The van der Waals surface area contributed by atoms with E-state index in [1.807, 2.05) is 42.5 Å². The third-order valence-corrected chi connectivity index (χ3v) is 6.17. The van der Waals surface area contributed by atoms with Gasteiger partial charge in [0.2, 0.25) is 0 Å². The van der Waals surface area contributed by atoms with Gasteiger partial charge in [-0.1, -0.05) is 73.8 Å². The normalized spacial score (nSPS) is 17.7.